The van der Waals surface area contributed by atoms with E-state index in [1.165, 1.54) is 0 Å². The number of nitrogens with one attached hydrogen (secondary N) is 2. The lowest BCUT2D eigenvalue weighted by Crippen LogP contribution is -2.42. The maximum atomic E-state index is 13.0. The molecule has 0 aliphatic carbocycles. The van der Waals surface area contributed by atoms with Crippen LogP contribution in [0.4, 0.5) is 16.2 Å². The Bertz CT molecular complexity index is 982. The summed E-state index contributed by atoms with van der Waals surface area (Å²) >= 11 is 0. The van der Waals surface area contributed by atoms with Crippen molar-refractivity contribution in [3.63, 3.8) is 0 Å². The maximum absolute atomic E-state index is 13.0. The second-order valence-corrected chi connectivity index (χ2v) is 8.07. The van der Waals surface area contributed by atoms with Crippen molar-refractivity contribution in [1.29, 1.82) is 0 Å². The lowest BCUT2D eigenvalue weighted by molar-refractivity contribution is -0.133. The predicted molar refractivity (Wildman–Crippen MR) is 115 cm³/mol. The molecule has 0 unspecified atom stereocenters. The molecule has 2 aliphatic heterocycles. The number of rotatable bonds is 5. The van der Waals surface area contributed by atoms with Crippen LogP contribution in [0, 0.1) is 6.92 Å². The standard InChI is InChI=1S/C23H26N4O3/c1-16-9-11-17(12-10-16)23(2)21(29)27(22(30)25-23)15-20(28)24-18-7-3-4-8-19(18)26-13-5-6-14-26/h3-4,7-12H,5-6,13-15H2,1-2H3,(H,24,28)(H,25,30)/t23-/m0/s1. The molecule has 2 aliphatic rings. The first kappa shape index (κ1) is 19.9. The van der Waals surface area contributed by atoms with Crippen LogP contribution >= 0.6 is 0 Å². The topological polar surface area (TPSA) is 81.8 Å². The van der Waals surface area contributed by atoms with E-state index in [0.29, 0.717) is 11.3 Å². The predicted octanol–water partition coefficient (Wildman–Crippen LogP) is 3.00. The monoisotopic (exact) mass is 406 g/mol. The summed E-state index contributed by atoms with van der Waals surface area (Å²) in [4.78, 5) is 41.5. The van der Waals surface area contributed by atoms with E-state index in [1.807, 2.05) is 55.5 Å². The second-order valence-electron chi connectivity index (χ2n) is 8.07. The van der Waals surface area contributed by atoms with Crippen LogP contribution in [0.5, 0.6) is 0 Å². The van der Waals surface area contributed by atoms with Crippen molar-refractivity contribution in [2.45, 2.75) is 32.2 Å². The Morgan fingerprint density at radius 1 is 1.07 bits per heavy atom. The molecule has 2 aromatic rings. The van der Waals surface area contributed by atoms with Gasteiger partial charge in [-0.3, -0.25) is 14.5 Å². The number of hydrogen-bond donors (Lipinski definition) is 2. The van der Waals surface area contributed by atoms with Gasteiger partial charge in [0.1, 0.15) is 12.1 Å². The van der Waals surface area contributed by atoms with Crippen LogP contribution in [-0.2, 0) is 15.1 Å². The molecule has 30 heavy (non-hydrogen) atoms. The SMILES string of the molecule is Cc1ccc([C@]2(C)NC(=O)N(CC(=O)Nc3ccccc3N3CCCC3)C2=O)cc1. The Labute approximate surface area is 176 Å². The van der Waals surface area contributed by atoms with Gasteiger partial charge in [-0.05, 0) is 44.4 Å². The maximum Gasteiger partial charge on any atom is 0.325 e. The highest BCUT2D eigenvalue weighted by Crippen LogP contribution is 2.30. The third kappa shape index (κ3) is 3.63. The van der Waals surface area contributed by atoms with Gasteiger partial charge in [0, 0.05) is 13.1 Å². The molecule has 7 heteroatoms. The molecule has 1 atom stereocenters. The van der Waals surface area contributed by atoms with Gasteiger partial charge in [0.2, 0.25) is 5.91 Å². The molecule has 2 N–H and O–H groups in total. The molecule has 0 bridgehead atoms. The highest BCUT2D eigenvalue weighted by Gasteiger charge is 2.49. The van der Waals surface area contributed by atoms with E-state index >= 15 is 0 Å². The number of hydrogen-bond acceptors (Lipinski definition) is 4. The number of urea groups is 1. The number of carbonyl (C=O) groups excluding carboxylic acids is 3. The van der Waals surface area contributed by atoms with Gasteiger partial charge in [0.25, 0.3) is 5.91 Å². The zero-order valence-electron chi connectivity index (χ0n) is 17.3. The molecule has 156 valence electrons. The van der Waals surface area contributed by atoms with Crippen molar-refractivity contribution >= 4 is 29.2 Å². The van der Waals surface area contributed by atoms with Gasteiger partial charge in [0.15, 0.2) is 0 Å². The summed E-state index contributed by atoms with van der Waals surface area (Å²) < 4.78 is 0. The Morgan fingerprint density at radius 3 is 2.43 bits per heavy atom. The van der Waals surface area contributed by atoms with Crippen molar-refractivity contribution in [1.82, 2.24) is 10.2 Å². The summed E-state index contributed by atoms with van der Waals surface area (Å²) in [5, 5.41) is 5.62. The fraction of sp³-hybridized carbons (Fsp3) is 0.348. The normalized spacial score (nSPS) is 21.1. The van der Waals surface area contributed by atoms with E-state index < -0.39 is 23.4 Å². The van der Waals surface area contributed by atoms with Gasteiger partial charge in [-0.1, -0.05) is 42.0 Å². The highest BCUT2D eigenvalue weighted by molar-refractivity contribution is 6.10. The van der Waals surface area contributed by atoms with Crippen molar-refractivity contribution in [2.75, 3.05) is 29.9 Å². The van der Waals surface area contributed by atoms with Crippen LogP contribution in [-0.4, -0.2) is 42.4 Å². The number of anilines is 2. The Hall–Kier alpha value is -3.35. The highest BCUT2D eigenvalue weighted by atomic mass is 16.2. The molecule has 2 heterocycles. The Balaban J connectivity index is 1.48. The number of para-hydroxylation sites is 2. The minimum Gasteiger partial charge on any atom is -0.370 e. The molecular weight excluding hydrogens is 380 g/mol. The average molecular weight is 406 g/mol. The Morgan fingerprint density at radius 2 is 1.73 bits per heavy atom. The number of nitrogens with zero attached hydrogens (tertiary/aromatic N) is 2. The van der Waals surface area contributed by atoms with E-state index in [4.69, 9.17) is 0 Å². The van der Waals surface area contributed by atoms with E-state index in [0.717, 1.165) is 42.1 Å². The minimum atomic E-state index is -1.18. The minimum absolute atomic E-state index is 0.333. The summed E-state index contributed by atoms with van der Waals surface area (Å²) in [5.41, 5.74) is 2.22. The first-order chi connectivity index (χ1) is 14.4. The summed E-state index contributed by atoms with van der Waals surface area (Å²) in [6.45, 7) is 5.19. The fourth-order valence-corrected chi connectivity index (χ4v) is 4.07. The van der Waals surface area contributed by atoms with Gasteiger partial charge in [-0.15, -0.1) is 0 Å². The average Bonchev–Trinajstić information content (AvgIpc) is 3.33. The van der Waals surface area contributed by atoms with Crippen LogP contribution in [0.2, 0.25) is 0 Å². The number of aryl methyl sites for hydroxylation is 1. The van der Waals surface area contributed by atoms with Crippen LogP contribution < -0.4 is 15.5 Å². The van der Waals surface area contributed by atoms with Crippen LogP contribution in [0.25, 0.3) is 0 Å². The van der Waals surface area contributed by atoms with Crippen molar-refractivity contribution < 1.29 is 14.4 Å². The van der Waals surface area contributed by atoms with Gasteiger partial charge in [-0.25, -0.2) is 4.79 Å². The third-order valence-corrected chi connectivity index (χ3v) is 5.83. The summed E-state index contributed by atoms with van der Waals surface area (Å²) in [5.74, 6) is -0.836. The molecule has 7 nitrogen and oxygen atoms in total. The second kappa shape index (κ2) is 7.82. The lowest BCUT2D eigenvalue weighted by atomic mass is 9.91. The molecule has 0 saturated carbocycles. The van der Waals surface area contributed by atoms with Crippen molar-refractivity contribution in [2.24, 2.45) is 0 Å². The first-order valence-electron chi connectivity index (χ1n) is 10.2. The van der Waals surface area contributed by atoms with E-state index in [-0.39, 0.29) is 6.54 Å². The van der Waals surface area contributed by atoms with E-state index in [9.17, 15) is 14.4 Å². The zero-order chi connectivity index (χ0) is 21.3. The van der Waals surface area contributed by atoms with Gasteiger partial charge < -0.3 is 15.5 Å². The quantitative estimate of drug-likeness (QED) is 0.748. The Kier molecular flexibility index (Phi) is 5.20. The molecule has 4 rings (SSSR count). The third-order valence-electron chi connectivity index (χ3n) is 5.83. The molecule has 2 fully saturated rings. The van der Waals surface area contributed by atoms with Crippen LogP contribution in [0.15, 0.2) is 48.5 Å². The first-order valence-corrected chi connectivity index (χ1v) is 10.2. The fourth-order valence-electron chi connectivity index (χ4n) is 4.07. The van der Waals surface area contributed by atoms with Crippen LogP contribution in [0.3, 0.4) is 0 Å². The van der Waals surface area contributed by atoms with Gasteiger partial charge in [-0.2, -0.15) is 0 Å². The summed E-state index contributed by atoms with van der Waals surface area (Å²) in [6.07, 6.45) is 2.25. The zero-order valence-corrected chi connectivity index (χ0v) is 17.3. The lowest BCUT2D eigenvalue weighted by Gasteiger charge is -2.23. The van der Waals surface area contributed by atoms with Gasteiger partial charge >= 0.3 is 6.03 Å². The molecule has 0 spiro atoms. The molecule has 2 aromatic carbocycles. The number of amides is 4. The molecule has 2 saturated heterocycles. The summed E-state index contributed by atoms with van der Waals surface area (Å²) in [6, 6.07) is 14.5. The smallest absolute Gasteiger partial charge is 0.325 e. The van der Waals surface area contributed by atoms with E-state index in [1.54, 1.807) is 6.92 Å². The number of carbonyl (C=O) groups is 3. The van der Waals surface area contributed by atoms with E-state index in [2.05, 4.69) is 15.5 Å². The molecular formula is C23H26N4O3. The largest absolute Gasteiger partial charge is 0.370 e. The van der Waals surface area contributed by atoms with Crippen LogP contribution in [0.1, 0.15) is 30.9 Å². The number of imide groups is 1. The van der Waals surface area contributed by atoms with Gasteiger partial charge in [0.05, 0.1) is 11.4 Å². The summed E-state index contributed by atoms with van der Waals surface area (Å²) in [7, 11) is 0. The van der Waals surface area contributed by atoms with Crippen molar-refractivity contribution in [3.05, 3.63) is 59.7 Å². The molecule has 0 radical (unpaired) electrons. The molecule has 4 amide bonds. The van der Waals surface area contributed by atoms with Crippen molar-refractivity contribution in [3.8, 4) is 0 Å². The molecule has 0 aromatic heterocycles. The number of benzene rings is 2.